The Balaban J connectivity index is 1.82. The van der Waals surface area contributed by atoms with E-state index in [2.05, 4.69) is 62.3 Å². The van der Waals surface area contributed by atoms with E-state index in [-0.39, 0.29) is 11.3 Å². The van der Waals surface area contributed by atoms with Crippen LogP contribution in [0.5, 0.6) is 0 Å². The third kappa shape index (κ3) is 3.16. The molecule has 1 amide bonds. The van der Waals surface area contributed by atoms with Gasteiger partial charge in [-0.1, -0.05) is 35.4 Å². The van der Waals surface area contributed by atoms with Crippen molar-refractivity contribution < 1.29 is 4.79 Å². The van der Waals surface area contributed by atoms with Crippen LogP contribution in [-0.4, -0.2) is 19.5 Å². The van der Waals surface area contributed by atoms with Crippen molar-refractivity contribution in [1.82, 2.24) is 0 Å². The van der Waals surface area contributed by atoms with Gasteiger partial charge in [-0.15, -0.1) is 0 Å². The maximum atomic E-state index is 12.9. The molecule has 0 unspecified atom stereocenters. The molecule has 2 aromatic carbocycles. The van der Waals surface area contributed by atoms with Gasteiger partial charge in [0.1, 0.15) is 0 Å². The molecule has 24 heavy (non-hydrogen) atoms. The minimum absolute atomic E-state index is 0.115. The summed E-state index contributed by atoms with van der Waals surface area (Å²) in [5, 5.41) is 3.14. The molecule has 3 rings (SSSR count). The lowest BCUT2D eigenvalue weighted by atomic mass is 9.92. The lowest BCUT2D eigenvalue weighted by Crippen LogP contribution is -2.28. The van der Waals surface area contributed by atoms with E-state index in [1.54, 1.807) is 0 Å². The van der Waals surface area contributed by atoms with Crippen LogP contribution in [-0.2, 0) is 10.2 Å². The van der Waals surface area contributed by atoms with Crippen LogP contribution in [0.4, 0.5) is 11.4 Å². The fourth-order valence-corrected chi connectivity index (χ4v) is 3.28. The SMILES string of the molecule is CCN(C)c1cccc(NC(=O)C2(c3cc(C)cc(C)c3)CC2)c1. The van der Waals surface area contributed by atoms with Gasteiger partial charge in [-0.25, -0.2) is 0 Å². The molecule has 3 nitrogen and oxygen atoms in total. The van der Waals surface area contributed by atoms with Crippen molar-refractivity contribution in [3.8, 4) is 0 Å². The number of amides is 1. The second-order valence-electron chi connectivity index (χ2n) is 6.98. The minimum atomic E-state index is -0.344. The Morgan fingerprint density at radius 3 is 2.38 bits per heavy atom. The van der Waals surface area contributed by atoms with Crippen LogP contribution in [0.3, 0.4) is 0 Å². The maximum Gasteiger partial charge on any atom is 0.235 e. The van der Waals surface area contributed by atoms with Gasteiger partial charge in [0.25, 0.3) is 0 Å². The Hall–Kier alpha value is -2.29. The van der Waals surface area contributed by atoms with E-state index >= 15 is 0 Å². The molecule has 1 aliphatic rings. The van der Waals surface area contributed by atoms with Crippen LogP contribution >= 0.6 is 0 Å². The summed E-state index contributed by atoms with van der Waals surface area (Å²) < 4.78 is 0. The molecular weight excluding hydrogens is 296 g/mol. The number of nitrogens with one attached hydrogen (secondary N) is 1. The Morgan fingerprint density at radius 2 is 1.79 bits per heavy atom. The first-order valence-corrected chi connectivity index (χ1v) is 8.66. The number of hydrogen-bond donors (Lipinski definition) is 1. The van der Waals surface area contributed by atoms with Crippen LogP contribution < -0.4 is 10.2 Å². The first kappa shape index (κ1) is 16.6. The summed E-state index contributed by atoms with van der Waals surface area (Å²) >= 11 is 0. The molecule has 2 aromatic rings. The molecule has 1 saturated carbocycles. The zero-order chi connectivity index (χ0) is 17.3. The highest BCUT2D eigenvalue weighted by Crippen LogP contribution is 2.49. The van der Waals surface area contributed by atoms with Crippen LogP contribution in [0.1, 0.15) is 36.5 Å². The van der Waals surface area contributed by atoms with Crippen molar-refractivity contribution in [1.29, 1.82) is 0 Å². The van der Waals surface area contributed by atoms with E-state index in [0.29, 0.717) is 0 Å². The predicted octanol–water partition coefficient (Wildman–Crippen LogP) is 4.43. The highest BCUT2D eigenvalue weighted by Gasteiger charge is 2.51. The summed E-state index contributed by atoms with van der Waals surface area (Å²) in [5.74, 6) is 0.115. The van der Waals surface area contributed by atoms with Gasteiger partial charge in [0.15, 0.2) is 0 Å². The number of nitrogens with zero attached hydrogens (tertiary/aromatic N) is 1. The monoisotopic (exact) mass is 322 g/mol. The third-order valence-corrected chi connectivity index (χ3v) is 4.98. The summed E-state index contributed by atoms with van der Waals surface area (Å²) in [6.07, 6.45) is 1.85. The van der Waals surface area contributed by atoms with Crippen molar-refractivity contribution >= 4 is 17.3 Å². The molecule has 0 bridgehead atoms. The summed E-state index contributed by atoms with van der Waals surface area (Å²) in [4.78, 5) is 15.1. The second-order valence-corrected chi connectivity index (χ2v) is 6.98. The van der Waals surface area contributed by atoms with Crippen molar-refractivity contribution in [3.05, 3.63) is 59.2 Å². The van der Waals surface area contributed by atoms with Crippen LogP contribution in [0.25, 0.3) is 0 Å². The number of carbonyl (C=O) groups is 1. The number of anilines is 2. The Labute approximate surface area is 144 Å². The van der Waals surface area contributed by atoms with Crippen LogP contribution in [0.2, 0.25) is 0 Å². The quantitative estimate of drug-likeness (QED) is 0.883. The fraction of sp³-hybridized carbons (Fsp3) is 0.381. The van der Waals surface area contributed by atoms with E-state index in [9.17, 15) is 4.79 Å². The normalized spacial score (nSPS) is 15.0. The smallest absolute Gasteiger partial charge is 0.235 e. The molecule has 0 saturated heterocycles. The maximum absolute atomic E-state index is 12.9. The molecule has 126 valence electrons. The second kappa shape index (κ2) is 6.31. The standard InChI is InChI=1S/C21H26N2O/c1-5-23(4)19-8-6-7-18(14-19)22-20(24)21(9-10-21)17-12-15(2)11-16(3)13-17/h6-8,11-14H,5,9-10H2,1-4H3,(H,22,24). The van der Waals surface area contributed by atoms with Gasteiger partial charge in [0.2, 0.25) is 5.91 Å². The molecular formula is C21H26N2O. The van der Waals surface area contributed by atoms with E-state index in [0.717, 1.165) is 36.3 Å². The van der Waals surface area contributed by atoms with Gasteiger partial charge in [-0.05, 0) is 57.4 Å². The number of hydrogen-bond acceptors (Lipinski definition) is 2. The molecule has 0 spiro atoms. The molecule has 0 heterocycles. The highest BCUT2D eigenvalue weighted by molar-refractivity contribution is 6.01. The van der Waals surface area contributed by atoms with Crippen molar-refractivity contribution in [2.45, 2.75) is 39.0 Å². The predicted molar refractivity (Wildman–Crippen MR) is 101 cm³/mol. The van der Waals surface area contributed by atoms with E-state index < -0.39 is 0 Å². The van der Waals surface area contributed by atoms with Crippen molar-refractivity contribution in [2.75, 3.05) is 23.8 Å². The minimum Gasteiger partial charge on any atom is -0.375 e. The Bertz CT molecular complexity index is 742. The number of benzene rings is 2. The van der Waals surface area contributed by atoms with Gasteiger partial charge >= 0.3 is 0 Å². The number of aryl methyl sites for hydroxylation is 2. The van der Waals surface area contributed by atoms with Gasteiger partial charge < -0.3 is 10.2 Å². The third-order valence-electron chi connectivity index (χ3n) is 4.98. The Morgan fingerprint density at radius 1 is 1.12 bits per heavy atom. The largest absolute Gasteiger partial charge is 0.375 e. The molecule has 1 aliphatic carbocycles. The summed E-state index contributed by atoms with van der Waals surface area (Å²) in [5.41, 5.74) is 5.23. The van der Waals surface area contributed by atoms with Gasteiger partial charge in [-0.2, -0.15) is 0 Å². The zero-order valence-electron chi connectivity index (χ0n) is 15.0. The first-order chi connectivity index (χ1) is 11.4. The molecule has 1 fully saturated rings. The Kier molecular flexibility index (Phi) is 4.35. The summed E-state index contributed by atoms with van der Waals surface area (Å²) in [6, 6.07) is 14.5. The topological polar surface area (TPSA) is 32.3 Å². The highest BCUT2D eigenvalue weighted by atomic mass is 16.2. The molecule has 1 N–H and O–H groups in total. The molecule has 0 aliphatic heterocycles. The lowest BCUT2D eigenvalue weighted by Gasteiger charge is -2.20. The average molecular weight is 322 g/mol. The average Bonchev–Trinajstić information content (AvgIpc) is 3.35. The fourth-order valence-electron chi connectivity index (χ4n) is 3.28. The number of rotatable bonds is 5. The van der Waals surface area contributed by atoms with Crippen molar-refractivity contribution in [3.63, 3.8) is 0 Å². The first-order valence-electron chi connectivity index (χ1n) is 8.66. The molecule has 0 atom stereocenters. The summed E-state index contributed by atoms with van der Waals surface area (Å²) in [7, 11) is 2.05. The van der Waals surface area contributed by atoms with Gasteiger partial charge in [0, 0.05) is 25.0 Å². The molecule has 0 radical (unpaired) electrons. The summed E-state index contributed by atoms with van der Waals surface area (Å²) in [6.45, 7) is 7.23. The molecule has 3 heteroatoms. The van der Waals surface area contributed by atoms with Crippen LogP contribution in [0, 0.1) is 13.8 Å². The molecule has 0 aromatic heterocycles. The van der Waals surface area contributed by atoms with Gasteiger partial charge in [0.05, 0.1) is 5.41 Å². The van der Waals surface area contributed by atoms with E-state index in [1.807, 2.05) is 18.2 Å². The zero-order valence-corrected chi connectivity index (χ0v) is 15.0. The van der Waals surface area contributed by atoms with Crippen LogP contribution in [0.15, 0.2) is 42.5 Å². The lowest BCUT2D eigenvalue weighted by molar-refractivity contribution is -0.118. The van der Waals surface area contributed by atoms with Gasteiger partial charge in [-0.3, -0.25) is 4.79 Å². The van der Waals surface area contributed by atoms with Crippen molar-refractivity contribution in [2.24, 2.45) is 0 Å². The van der Waals surface area contributed by atoms with E-state index in [4.69, 9.17) is 0 Å². The number of carbonyl (C=O) groups excluding carboxylic acids is 1. The van der Waals surface area contributed by atoms with E-state index in [1.165, 1.54) is 11.1 Å².